The van der Waals surface area contributed by atoms with Crippen LogP contribution >= 0.6 is 0 Å². The first-order valence-corrected chi connectivity index (χ1v) is 6.56. The third-order valence-electron chi connectivity index (χ3n) is 2.83. The zero-order valence-electron chi connectivity index (χ0n) is 11.8. The van der Waals surface area contributed by atoms with Crippen molar-refractivity contribution >= 4 is 5.91 Å². The van der Waals surface area contributed by atoms with Gasteiger partial charge in [0.25, 0.3) is 0 Å². The molecule has 0 aliphatic carbocycles. The fourth-order valence-electron chi connectivity index (χ4n) is 1.68. The van der Waals surface area contributed by atoms with Gasteiger partial charge >= 0.3 is 6.18 Å². The molecular formula is C14H14F3N3O2. The van der Waals surface area contributed by atoms with Crippen molar-refractivity contribution in [2.45, 2.75) is 25.9 Å². The van der Waals surface area contributed by atoms with Crippen molar-refractivity contribution in [3.05, 3.63) is 35.7 Å². The summed E-state index contributed by atoms with van der Waals surface area (Å²) >= 11 is 0. The van der Waals surface area contributed by atoms with Gasteiger partial charge in [0, 0.05) is 18.4 Å². The van der Waals surface area contributed by atoms with Crippen molar-refractivity contribution in [2.24, 2.45) is 0 Å². The molecule has 0 bridgehead atoms. The second kappa shape index (κ2) is 6.59. The molecule has 8 heteroatoms. The van der Waals surface area contributed by atoms with Crippen LogP contribution in [-0.2, 0) is 11.2 Å². The lowest BCUT2D eigenvalue weighted by molar-refractivity contribution is -0.138. The van der Waals surface area contributed by atoms with Crippen molar-refractivity contribution in [3.63, 3.8) is 0 Å². The van der Waals surface area contributed by atoms with Crippen LogP contribution in [0.5, 0.6) is 0 Å². The van der Waals surface area contributed by atoms with E-state index in [1.54, 1.807) is 5.32 Å². The van der Waals surface area contributed by atoms with Crippen molar-refractivity contribution in [2.75, 3.05) is 6.54 Å². The molecule has 0 aliphatic rings. The van der Waals surface area contributed by atoms with Gasteiger partial charge in [-0.2, -0.15) is 18.2 Å². The number of aryl methyl sites for hydroxylation is 2. The number of hydrogen-bond acceptors (Lipinski definition) is 4. The molecule has 0 radical (unpaired) electrons. The molecule has 118 valence electrons. The first-order chi connectivity index (χ1) is 10.3. The van der Waals surface area contributed by atoms with Gasteiger partial charge in [0.1, 0.15) is 6.54 Å². The van der Waals surface area contributed by atoms with Gasteiger partial charge in [-0.05, 0) is 6.92 Å². The lowest BCUT2D eigenvalue weighted by atomic mass is 10.1. The van der Waals surface area contributed by atoms with Crippen molar-refractivity contribution < 1.29 is 22.5 Å². The molecule has 2 aromatic rings. The van der Waals surface area contributed by atoms with Crippen molar-refractivity contribution in [1.29, 1.82) is 0 Å². The fourth-order valence-corrected chi connectivity index (χ4v) is 1.68. The number of nitrogens with one attached hydrogen (secondary N) is 1. The SMILES string of the molecule is Cc1ccc(-c2noc(CCC(=O)NCC(F)(F)F)n2)cc1. The smallest absolute Gasteiger partial charge is 0.347 e. The van der Waals surface area contributed by atoms with E-state index in [2.05, 4.69) is 10.1 Å². The molecule has 0 saturated heterocycles. The Balaban J connectivity index is 1.87. The van der Waals surface area contributed by atoms with Crippen LogP contribution < -0.4 is 5.32 Å². The average Bonchev–Trinajstić information content (AvgIpc) is 2.92. The molecule has 0 fully saturated rings. The molecular weight excluding hydrogens is 299 g/mol. The molecule has 1 N–H and O–H groups in total. The number of benzene rings is 1. The van der Waals surface area contributed by atoms with Gasteiger partial charge in [0.05, 0.1) is 0 Å². The highest BCUT2D eigenvalue weighted by molar-refractivity contribution is 5.76. The van der Waals surface area contributed by atoms with Crippen LogP contribution in [0.1, 0.15) is 17.9 Å². The Bertz CT molecular complexity index is 636. The maximum atomic E-state index is 11.9. The zero-order chi connectivity index (χ0) is 16.2. The molecule has 1 heterocycles. The lowest BCUT2D eigenvalue weighted by Gasteiger charge is -2.07. The topological polar surface area (TPSA) is 68.0 Å². The minimum absolute atomic E-state index is 0.0859. The molecule has 1 amide bonds. The van der Waals surface area contributed by atoms with E-state index in [0.29, 0.717) is 5.82 Å². The second-order valence-electron chi connectivity index (χ2n) is 4.77. The predicted molar refractivity (Wildman–Crippen MR) is 71.9 cm³/mol. The fraction of sp³-hybridized carbons (Fsp3) is 0.357. The molecule has 0 atom stereocenters. The molecule has 5 nitrogen and oxygen atoms in total. The molecule has 0 unspecified atom stereocenters. The third-order valence-corrected chi connectivity index (χ3v) is 2.83. The Hall–Kier alpha value is -2.38. The van der Waals surface area contributed by atoms with E-state index in [1.807, 2.05) is 31.2 Å². The van der Waals surface area contributed by atoms with Crippen LogP contribution in [0.15, 0.2) is 28.8 Å². The average molecular weight is 313 g/mol. The van der Waals surface area contributed by atoms with Gasteiger partial charge in [0.15, 0.2) is 0 Å². The van der Waals surface area contributed by atoms with E-state index in [1.165, 1.54) is 0 Å². The second-order valence-corrected chi connectivity index (χ2v) is 4.77. The number of aromatic nitrogens is 2. The Kier molecular flexibility index (Phi) is 4.79. The van der Waals surface area contributed by atoms with Crippen LogP contribution in [-0.4, -0.2) is 28.8 Å². The van der Waals surface area contributed by atoms with E-state index in [-0.39, 0.29) is 18.7 Å². The van der Waals surface area contributed by atoms with E-state index in [4.69, 9.17) is 4.52 Å². The summed E-state index contributed by atoms with van der Waals surface area (Å²) in [5.74, 6) is -0.129. The summed E-state index contributed by atoms with van der Waals surface area (Å²) in [6.45, 7) is 0.606. The van der Waals surface area contributed by atoms with Gasteiger partial charge in [-0.1, -0.05) is 35.0 Å². The number of amides is 1. The summed E-state index contributed by atoms with van der Waals surface area (Å²) in [7, 11) is 0. The highest BCUT2D eigenvalue weighted by Gasteiger charge is 2.27. The summed E-state index contributed by atoms with van der Waals surface area (Å²) in [6.07, 6.45) is -4.48. The molecule has 0 aliphatic heterocycles. The number of alkyl halides is 3. The minimum Gasteiger partial charge on any atom is -0.347 e. The number of rotatable bonds is 5. The Morgan fingerprint density at radius 3 is 2.59 bits per heavy atom. The maximum absolute atomic E-state index is 11.9. The molecule has 1 aromatic heterocycles. The van der Waals surface area contributed by atoms with Crippen LogP contribution in [0.2, 0.25) is 0 Å². The summed E-state index contributed by atoms with van der Waals surface area (Å²) in [4.78, 5) is 15.4. The number of carbonyl (C=O) groups excluding carboxylic acids is 1. The van der Waals surface area contributed by atoms with E-state index >= 15 is 0 Å². The highest BCUT2D eigenvalue weighted by Crippen LogP contribution is 2.17. The highest BCUT2D eigenvalue weighted by atomic mass is 19.4. The van der Waals surface area contributed by atoms with Gasteiger partial charge in [-0.15, -0.1) is 0 Å². The largest absolute Gasteiger partial charge is 0.405 e. The lowest BCUT2D eigenvalue weighted by Crippen LogP contribution is -2.33. The molecule has 22 heavy (non-hydrogen) atoms. The van der Waals surface area contributed by atoms with Crippen LogP contribution in [0.4, 0.5) is 13.2 Å². The van der Waals surface area contributed by atoms with Crippen molar-refractivity contribution in [3.8, 4) is 11.4 Å². The van der Waals surface area contributed by atoms with E-state index < -0.39 is 18.6 Å². The van der Waals surface area contributed by atoms with Crippen molar-refractivity contribution in [1.82, 2.24) is 15.5 Å². The summed E-state index contributed by atoms with van der Waals surface area (Å²) < 4.78 is 40.8. The maximum Gasteiger partial charge on any atom is 0.405 e. The van der Waals surface area contributed by atoms with Gasteiger partial charge < -0.3 is 9.84 Å². The first kappa shape index (κ1) is 16.0. The van der Waals surface area contributed by atoms with Gasteiger partial charge in [0.2, 0.25) is 17.6 Å². The quantitative estimate of drug-likeness (QED) is 0.921. The van der Waals surface area contributed by atoms with Crippen LogP contribution in [0.3, 0.4) is 0 Å². The van der Waals surface area contributed by atoms with E-state index in [9.17, 15) is 18.0 Å². The Morgan fingerprint density at radius 2 is 1.95 bits per heavy atom. The molecule has 0 spiro atoms. The Morgan fingerprint density at radius 1 is 1.27 bits per heavy atom. The van der Waals surface area contributed by atoms with Crippen LogP contribution in [0, 0.1) is 6.92 Å². The zero-order valence-corrected chi connectivity index (χ0v) is 11.8. The van der Waals surface area contributed by atoms with E-state index in [0.717, 1.165) is 11.1 Å². The monoisotopic (exact) mass is 313 g/mol. The van der Waals surface area contributed by atoms with Crippen LogP contribution in [0.25, 0.3) is 11.4 Å². The summed E-state index contributed by atoms with van der Waals surface area (Å²) in [5.41, 5.74) is 1.86. The minimum atomic E-state index is -4.42. The Labute approximate surface area is 124 Å². The number of hydrogen-bond donors (Lipinski definition) is 1. The van der Waals surface area contributed by atoms with Gasteiger partial charge in [-0.25, -0.2) is 0 Å². The summed E-state index contributed by atoms with van der Waals surface area (Å²) in [6, 6.07) is 7.46. The predicted octanol–water partition coefficient (Wildman–Crippen LogP) is 2.66. The molecule has 0 saturated carbocycles. The number of halogens is 3. The molecule has 1 aromatic carbocycles. The van der Waals surface area contributed by atoms with Gasteiger partial charge in [-0.3, -0.25) is 4.79 Å². The molecule has 2 rings (SSSR count). The number of nitrogens with zero attached hydrogens (tertiary/aromatic N) is 2. The normalized spacial score (nSPS) is 11.5. The number of carbonyl (C=O) groups is 1. The third kappa shape index (κ3) is 4.87. The standard InChI is InChI=1S/C14H14F3N3O2/c1-9-2-4-10(5-3-9)13-19-12(22-20-13)7-6-11(21)18-8-14(15,16)17/h2-5H,6-8H2,1H3,(H,18,21). The first-order valence-electron chi connectivity index (χ1n) is 6.56. The summed E-state index contributed by atoms with van der Waals surface area (Å²) in [5, 5.41) is 5.57.